The molecule has 3 rings (SSSR count). The van der Waals surface area contributed by atoms with Gasteiger partial charge in [-0.25, -0.2) is 18.7 Å². The number of hydrogen-bond donors (Lipinski definition) is 2. The average Bonchev–Trinajstić information content (AvgIpc) is 2.68. The summed E-state index contributed by atoms with van der Waals surface area (Å²) >= 11 is 0. The van der Waals surface area contributed by atoms with E-state index in [2.05, 4.69) is 20.3 Å². The number of halogens is 2. The van der Waals surface area contributed by atoms with E-state index in [1.807, 2.05) is 13.8 Å². The Morgan fingerprint density at radius 3 is 2.70 bits per heavy atom. The maximum atomic E-state index is 14.4. The first-order valence-corrected chi connectivity index (χ1v) is 8.46. The summed E-state index contributed by atoms with van der Waals surface area (Å²) in [5.74, 6) is 0.0901. The highest BCUT2D eigenvalue weighted by molar-refractivity contribution is 5.82. The molecule has 9 heteroatoms. The van der Waals surface area contributed by atoms with E-state index in [1.165, 1.54) is 44.6 Å². The third-order valence-corrected chi connectivity index (χ3v) is 3.83. The van der Waals surface area contributed by atoms with E-state index in [0.717, 1.165) is 0 Å². The minimum Gasteiger partial charge on any atom is -0.478 e. The van der Waals surface area contributed by atoms with Crippen LogP contribution in [0.5, 0.6) is 5.88 Å². The maximum absolute atomic E-state index is 14.4. The first-order valence-electron chi connectivity index (χ1n) is 8.46. The van der Waals surface area contributed by atoms with Crippen LogP contribution in [0.2, 0.25) is 0 Å². The summed E-state index contributed by atoms with van der Waals surface area (Å²) in [4.78, 5) is 12.2. The minimum absolute atomic E-state index is 0.00973. The molecule has 1 aliphatic heterocycles. The van der Waals surface area contributed by atoms with Crippen molar-refractivity contribution >= 4 is 17.3 Å². The van der Waals surface area contributed by atoms with Crippen molar-refractivity contribution in [2.75, 3.05) is 19.0 Å². The number of benzene rings is 1. The van der Waals surface area contributed by atoms with E-state index in [-0.39, 0.29) is 23.9 Å². The van der Waals surface area contributed by atoms with Gasteiger partial charge in [-0.3, -0.25) is 4.99 Å². The van der Waals surface area contributed by atoms with Gasteiger partial charge in [0, 0.05) is 23.6 Å². The Morgan fingerprint density at radius 2 is 2.00 bits per heavy atom. The third kappa shape index (κ3) is 4.30. The van der Waals surface area contributed by atoms with E-state index in [4.69, 9.17) is 15.2 Å². The van der Waals surface area contributed by atoms with Gasteiger partial charge in [-0.05, 0) is 25.1 Å². The number of nitrogens with zero attached hydrogens (tertiary/aromatic N) is 3. The monoisotopic (exact) mass is 379 g/mol. The van der Waals surface area contributed by atoms with Crippen LogP contribution in [-0.2, 0) is 10.3 Å². The molecule has 0 spiro atoms. The molecule has 3 N–H and O–H groups in total. The second kappa shape index (κ2) is 8.72. The number of nitrogens with one attached hydrogen (secondary N) is 1. The number of aromatic nitrogens is 2. The number of methoxy groups -OCH3 is 1. The number of nitrogens with two attached hydrogens (primary N) is 1. The van der Waals surface area contributed by atoms with Gasteiger partial charge < -0.3 is 20.5 Å². The molecule has 1 aromatic heterocycles. The van der Waals surface area contributed by atoms with Crippen LogP contribution in [0.1, 0.15) is 26.3 Å². The van der Waals surface area contributed by atoms with Crippen LogP contribution >= 0.6 is 0 Å². The smallest absolute Gasteiger partial charge is 0.257 e. The second-order valence-corrected chi connectivity index (χ2v) is 5.61. The topological polar surface area (TPSA) is 94.7 Å². The first-order chi connectivity index (χ1) is 12.9. The molecule has 7 nitrogen and oxygen atoms in total. The highest BCUT2D eigenvalue weighted by atomic mass is 19.1. The molecule has 27 heavy (non-hydrogen) atoms. The molecular formula is C18H23F2N5O2. The molecule has 2 aromatic rings. The molecule has 0 saturated carbocycles. The van der Waals surface area contributed by atoms with Crippen molar-refractivity contribution in [3.05, 3.63) is 42.0 Å². The molecule has 146 valence electrons. The van der Waals surface area contributed by atoms with Gasteiger partial charge >= 0.3 is 0 Å². The second-order valence-electron chi connectivity index (χ2n) is 5.61. The Kier molecular flexibility index (Phi) is 6.62. The fourth-order valence-corrected chi connectivity index (χ4v) is 2.57. The van der Waals surface area contributed by atoms with Crippen LogP contribution in [0.4, 0.5) is 20.3 Å². The van der Waals surface area contributed by atoms with E-state index < -0.39 is 17.7 Å². The van der Waals surface area contributed by atoms with Crippen molar-refractivity contribution in [1.29, 1.82) is 0 Å². The molecule has 2 heterocycles. The Morgan fingerprint density at radius 1 is 1.30 bits per heavy atom. The van der Waals surface area contributed by atoms with Crippen molar-refractivity contribution in [3.8, 4) is 5.88 Å². The van der Waals surface area contributed by atoms with Gasteiger partial charge in [0.25, 0.3) is 5.88 Å². The number of aliphatic imine (C=N–C) groups is 1. The number of ether oxygens (including phenoxy) is 2. The maximum Gasteiger partial charge on any atom is 0.257 e. The Balaban J connectivity index is 0.00000126. The van der Waals surface area contributed by atoms with E-state index in [1.54, 1.807) is 0 Å². The van der Waals surface area contributed by atoms with Gasteiger partial charge in [0.15, 0.2) is 5.82 Å². The van der Waals surface area contributed by atoms with Gasteiger partial charge in [0.1, 0.15) is 23.8 Å². The number of hydrogen-bond acceptors (Lipinski definition) is 7. The molecule has 0 amide bonds. The van der Waals surface area contributed by atoms with Crippen molar-refractivity contribution < 1.29 is 18.3 Å². The lowest BCUT2D eigenvalue weighted by Gasteiger charge is -2.33. The van der Waals surface area contributed by atoms with E-state index in [9.17, 15) is 8.78 Å². The SMILES string of the molecule is CC.COc1nccnc1Nc1ccc(F)c(C2(C)N=C(N)COC2F)c1. The molecule has 2 unspecified atom stereocenters. The van der Waals surface area contributed by atoms with Crippen LogP contribution < -0.4 is 15.8 Å². The lowest BCUT2D eigenvalue weighted by Crippen LogP contribution is -2.43. The van der Waals surface area contributed by atoms with Gasteiger partial charge in [0.05, 0.1) is 7.11 Å². The summed E-state index contributed by atoms with van der Waals surface area (Å²) in [5.41, 5.74) is 4.53. The molecule has 1 aromatic carbocycles. The van der Waals surface area contributed by atoms with Gasteiger partial charge in [-0.2, -0.15) is 0 Å². The zero-order valence-corrected chi connectivity index (χ0v) is 15.7. The summed E-state index contributed by atoms with van der Waals surface area (Å²) in [6, 6.07) is 4.13. The predicted molar refractivity (Wildman–Crippen MR) is 99.4 cm³/mol. The molecule has 1 aliphatic rings. The van der Waals surface area contributed by atoms with Gasteiger partial charge in [-0.15, -0.1) is 0 Å². The van der Waals surface area contributed by atoms with Crippen LogP contribution in [0.3, 0.4) is 0 Å². The number of alkyl halides is 1. The van der Waals surface area contributed by atoms with Crippen molar-refractivity contribution in [1.82, 2.24) is 9.97 Å². The normalized spacial score (nSPS) is 21.6. The van der Waals surface area contributed by atoms with Crippen molar-refractivity contribution in [2.45, 2.75) is 32.7 Å². The molecular weight excluding hydrogens is 356 g/mol. The summed E-state index contributed by atoms with van der Waals surface area (Å²) in [6.07, 6.45) is 1.13. The fraction of sp³-hybridized carbons (Fsp3) is 0.389. The molecule has 2 atom stereocenters. The summed E-state index contributed by atoms with van der Waals surface area (Å²) in [7, 11) is 1.46. The minimum atomic E-state index is -1.82. The summed E-state index contributed by atoms with van der Waals surface area (Å²) < 4.78 is 38.8. The molecule has 0 fully saturated rings. The highest BCUT2D eigenvalue weighted by Crippen LogP contribution is 2.37. The Bertz CT molecular complexity index is 818. The lowest BCUT2D eigenvalue weighted by atomic mass is 9.90. The van der Waals surface area contributed by atoms with Crippen LogP contribution in [0, 0.1) is 5.82 Å². The number of amidine groups is 1. The predicted octanol–water partition coefficient (Wildman–Crippen LogP) is 3.29. The van der Waals surface area contributed by atoms with Crippen molar-refractivity contribution in [2.24, 2.45) is 10.7 Å². The van der Waals surface area contributed by atoms with Crippen LogP contribution in [0.25, 0.3) is 0 Å². The quantitative estimate of drug-likeness (QED) is 0.846. The first kappa shape index (κ1) is 20.5. The zero-order chi connectivity index (χ0) is 20.0. The highest BCUT2D eigenvalue weighted by Gasteiger charge is 2.42. The summed E-state index contributed by atoms with van der Waals surface area (Å²) in [5, 5.41) is 2.97. The number of rotatable bonds is 4. The Labute approximate surface area is 156 Å². The van der Waals surface area contributed by atoms with E-state index in [0.29, 0.717) is 11.5 Å². The van der Waals surface area contributed by atoms with Crippen LogP contribution in [-0.4, -0.2) is 35.9 Å². The molecule has 0 saturated heterocycles. The molecule has 0 bridgehead atoms. The molecule has 0 aliphatic carbocycles. The third-order valence-electron chi connectivity index (χ3n) is 3.83. The number of anilines is 2. The zero-order valence-electron chi connectivity index (χ0n) is 15.7. The standard InChI is InChI=1S/C16H17F2N5O2.C2H6/c1-16(15(18)25-8-12(19)23-16)10-7-9(3-4-11(10)17)22-13-14(24-2)21-6-5-20-13;1-2/h3-7,15H,8H2,1-2H3,(H2,19,23)(H,20,22);1-2H3. The van der Waals surface area contributed by atoms with Crippen molar-refractivity contribution in [3.63, 3.8) is 0 Å². The largest absolute Gasteiger partial charge is 0.478 e. The van der Waals surface area contributed by atoms with Crippen LogP contribution in [0.15, 0.2) is 35.6 Å². The lowest BCUT2D eigenvalue weighted by molar-refractivity contribution is -0.0805. The molecule has 0 radical (unpaired) electrons. The van der Waals surface area contributed by atoms with Gasteiger partial charge in [0.2, 0.25) is 6.36 Å². The summed E-state index contributed by atoms with van der Waals surface area (Å²) in [6.45, 7) is 5.29. The Hall–Kier alpha value is -2.81. The fourth-order valence-electron chi connectivity index (χ4n) is 2.57. The van der Waals surface area contributed by atoms with Gasteiger partial charge in [-0.1, -0.05) is 13.8 Å². The average molecular weight is 379 g/mol. The van der Waals surface area contributed by atoms with E-state index >= 15 is 0 Å².